The second-order valence-electron chi connectivity index (χ2n) is 5.36. The fourth-order valence-electron chi connectivity index (χ4n) is 2.05. The number of hydrogen-bond donors (Lipinski definition) is 3. The number of hydrogen-bond acceptors (Lipinski definition) is 4. The molecule has 110 valence electrons. The first kappa shape index (κ1) is 13.6. The van der Waals surface area contributed by atoms with Crippen molar-refractivity contribution in [1.82, 2.24) is 20.3 Å². The van der Waals surface area contributed by atoms with E-state index in [9.17, 15) is 9.90 Å². The van der Waals surface area contributed by atoms with Crippen molar-refractivity contribution in [3.8, 4) is 5.69 Å². The molecule has 7 nitrogen and oxygen atoms in total. The smallest absolute Gasteiger partial charge is 0.319 e. The van der Waals surface area contributed by atoms with E-state index < -0.39 is 0 Å². The maximum absolute atomic E-state index is 11.8. The van der Waals surface area contributed by atoms with Crippen LogP contribution in [0.3, 0.4) is 0 Å². The maximum atomic E-state index is 11.8. The van der Waals surface area contributed by atoms with Gasteiger partial charge in [0.25, 0.3) is 0 Å². The third-order valence-electron chi connectivity index (χ3n) is 3.73. The number of carbonyl (C=O) groups excluding carboxylic acids is 1. The molecular formula is C14H17N5O2. The van der Waals surface area contributed by atoms with Crippen LogP contribution in [0.1, 0.15) is 12.8 Å². The monoisotopic (exact) mass is 287 g/mol. The summed E-state index contributed by atoms with van der Waals surface area (Å²) in [6.07, 6.45) is 5.29. The molecule has 3 rings (SSSR count). The lowest BCUT2D eigenvalue weighted by molar-refractivity contribution is 0.206. The largest absolute Gasteiger partial charge is 0.396 e. The first-order chi connectivity index (χ1) is 10.2. The van der Waals surface area contributed by atoms with E-state index in [2.05, 4.69) is 20.9 Å². The van der Waals surface area contributed by atoms with Gasteiger partial charge in [0.1, 0.15) is 0 Å². The molecule has 0 aliphatic heterocycles. The average molecular weight is 287 g/mol. The Morgan fingerprint density at radius 1 is 1.33 bits per heavy atom. The minimum absolute atomic E-state index is 0.0890. The molecule has 1 aromatic carbocycles. The second-order valence-corrected chi connectivity index (χ2v) is 5.36. The van der Waals surface area contributed by atoms with Crippen LogP contribution in [0.4, 0.5) is 10.5 Å². The average Bonchev–Trinajstić information content (AvgIpc) is 3.09. The normalized spacial score (nSPS) is 15.5. The first-order valence-corrected chi connectivity index (χ1v) is 6.83. The number of anilines is 1. The van der Waals surface area contributed by atoms with E-state index in [1.54, 1.807) is 29.2 Å². The molecule has 1 saturated carbocycles. The predicted octanol–water partition coefficient (Wildman–Crippen LogP) is 1.16. The highest BCUT2D eigenvalue weighted by Gasteiger charge is 2.42. The van der Waals surface area contributed by atoms with E-state index in [0.717, 1.165) is 18.5 Å². The summed E-state index contributed by atoms with van der Waals surface area (Å²) in [5.74, 6) is 0. The third-order valence-corrected chi connectivity index (χ3v) is 3.73. The fraction of sp³-hybridized carbons (Fsp3) is 0.357. The topological polar surface area (TPSA) is 92.1 Å². The summed E-state index contributed by atoms with van der Waals surface area (Å²) >= 11 is 0. The van der Waals surface area contributed by atoms with Crippen molar-refractivity contribution in [3.05, 3.63) is 36.7 Å². The van der Waals surface area contributed by atoms with Crippen LogP contribution in [0.25, 0.3) is 5.69 Å². The van der Waals surface area contributed by atoms with Gasteiger partial charge < -0.3 is 15.7 Å². The van der Waals surface area contributed by atoms with E-state index in [1.165, 1.54) is 0 Å². The van der Waals surface area contributed by atoms with E-state index in [4.69, 9.17) is 0 Å². The van der Waals surface area contributed by atoms with Gasteiger partial charge in [0.15, 0.2) is 0 Å². The van der Waals surface area contributed by atoms with Crippen LogP contribution >= 0.6 is 0 Å². The summed E-state index contributed by atoms with van der Waals surface area (Å²) < 4.78 is 1.64. The van der Waals surface area contributed by atoms with Crippen LogP contribution in [-0.4, -0.2) is 39.3 Å². The Hall–Kier alpha value is -2.41. The Morgan fingerprint density at radius 2 is 2.10 bits per heavy atom. The molecule has 3 N–H and O–H groups in total. The number of benzene rings is 1. The lowest BCUT2D eigenvalue weighted by atomic mass is 10.1. The Bertz CT molecular complexity index is 605. The van der Waals surface area contributed by atoms with Gasteiger partial charge in [-0.2, -0.15) is 0 Å². The number of aromatic nitrogens is 3. The van der Waals surface area contributed by atoms with Gasteiger partial charge in [-0.3, -0.25) is 0 Å². The number of urea groups is 1. The third kappa shape index (κ3) is 3.19. The fourth-order valence-corrected chi connectivity index (χ4v) is 2.05. The lowest BCUT2D eigenvalue weighted by Crippen LogP contribution is -2.35. The van der Waals surface area contributed by atoms with Crippen molar-refractivity contribution in [1.29, 1.82) is 0 Å². The van der Waals surface area contributed by atoms with E-state index in [1.807, 2.05) is 12.1 Å². The molecule has 21 heavy (non-hydrogen) atoms. The highest BCUT2D eigenvalue weighted by atomic mass is 16.3. The van der Waals surface area contributed by atoms with Crippen molar-refractivity contribution in [2.75, 3.05) is 18.5 Å². The number of carbonyl (C=O) groups is 1. The number of aliphatic hydroxyl groups excluding tert-OH is 1. The van der Waals surface area contributed by atoms with Crippen LogP contribution in [0.5, 0.6) is 0 Å². The summed E-state index contributed by atoms with van der Waals surface area (Å²) in [7, 11) is 0. The summed E-state index contributed by atoms with van der Waals surface area (Å²) in [4.78, 5) is 11.8. The van der Waals surface area contributed by atoms with Gasteiger partial charge in [0, 0.05) is 17.6 Å². The van der Waals surface area contributed by atoms with Crippen LogP contribution in [-0.2, 0) is 0 Å². The van der Waals surface area contributed by atoms with Gasteiger partial charge in [-0.1, -0.05) is 5.21 Å². The molecule has 2 aromatic rings. The summed E-state index contributed by atoms with van der Waals surface area (Å²) in [5.41, 5.74) is 1.48. The Labute approximate surface area is 122 Å². The summed E-state index contributed by atoms with van der Waals surface area (Å²) in [5, 5.41) is 22.4. The van der Waals surface area contributed by atoms with Gasteiger partial charge in [0.2, 0.25) is 0 Å². The molecule has 0 radical (unpaired) electrons. The van der Waals surface area contributed by atoms with Gasteiger partial charge in [0.05, 0.1) is 24.7 Å². The van der Waals surface area contributed by atoms with Gasteiger partial charge >= 0.3 is 6.03 Å². The van der Waals surface area contributed by atoms with Gasteiger partial charge in [-0.25, -0.2) is 9.48 Å². The molecule has 1 aliphatic carbocycles. The number of nitrogens with zero attached hydrogens (tertiary/aromatic N) is 3. The Morgan fingerprint density at radius 3 is 2.67 bits per heavy atom. The van der Waals surface area contributed by atoms with Crippen LogP contribution in [0.2, 0.25) is 0 Å². The molecule has 1 fully saturated rings. The number of nitrogens with one attached hydrogen (secondary N) is 2. The Balaban J connectivity index is 1.54. The number of rotatable bonds is 5. The molecule has 1 heterocycles. The van der Waals surface area contributed by atoms with E-state index >= 15 is 0 Å². The Kier molecular flexibility index (Phi) is 3.57. The maximum Gasteiger partial charge on any atom is 0.319 e. The minimum Gasteiger partial charge on any atom is -0.396 e. The zero-order valence-electron chi connectivity index (χ0n) is 11.5. The minimum atomic E-state index is -0.261. The molecule has 7 heteroatoms. The zero-order chi connectivity index (χ0) is 14.7. The van der Waals surface area contributed by atoms with Crippen LogP contribution < -0.4 is 10.6 Å². The molecule has 2 amide bonds. The summed E-state index contributed by atoms with van der Waals surface area (Å²) in [6.45, 7) is 0.631. The highest BCUT2D eigenvalue weighted by molar-refractivity contribution is 5.89. The van der Waals surface area contributed by atoms with Gasteiger partial charge in [-0.15, -0.1) is 5.10 Å². The highest BCUT2D eigenvalue weighted by Crippen LogP contribution is 2.44. The molecule has 0 bridgehead atoms. The van der Waals surface area contributed by atoms with Crippen molar-refractivity contribution < 1.29 is 9.90 Å². The molecular weight excluding hydrogens is 270 g/mol. The number of aliphatic hydroxyl groups is 1. The van der Waals surface area contributed by atoms with Crippen molar-refractivity contribution in [2.24, 2.45) is 5.41 Å². The molecule has 0 spiro atoms. The van der Waals surface area contributed by atoms with Crippen molar-refractivity contribution >= 4 is 11.7 Å². The standard InChI is InChI=1S/C14H17N5O2/c20-10-14(5-6-14)9-15-13(21)17-11-1-3-12(4-2-11)19-8-7-16-18-19/h1-4,7-8,20H,5-6,9-10H2,(H2,15,17,21). The summed E-state index contributed by atoms with van der Waals surface area (Å²) in [6, 6.07) is 7.04. The van der Waals surface area contributed by atoms with Crippen molar-refractivity contribution in [3.63, 3.8) is 0 Å². The van der Waals surface area contributed by atoms with E-state index in [0.29, 0.717) is 12.2 Å². The van der Waals surface area contributed by atoms with Crippen LogP contribution in [0, 0.1) is 5.41 Å². The number of amides is 2. The molecule has 0 unspecified atom stereocenters. The molecule has 0 saturated heterocycles. The predicted molar refractivity (Wildman–Crippen MR) is 77.1 cm³/mol. The second kappa shape index (κ2) is 5.53. The quantitative estimate of drug-likeness (QED) is 0.769. The zero-order valence-corrected chi connectivity index (χ0v) is 11.5. The molecule has 1 aromatic heterocycles. The SMILES string of the molecule is O=C(NCC1(CO)CC1)Nc1ccc(-n2ccnn2)cc1. The van der Waals surface area contributed by atoms with Crippen molar-refractivity contribution in [2.45, 2.75) is 12.8 Å². The first-order valence-electron chi connectivity index (χ1n) is 6.83. The lowest BCUT2D eigenvalue weighted by Gasteiger charge is -2.13. The van der Waals surface area contributed by atoms with Gasteiger partial charge in [-0.05, 0) is 37.1 Å². The molecule has 0 atom stereocenters. The van der Waals surface area contributed by atoms with Crippen LogP contribution in [0.15, 0.2) is 36.7 Å². The molecule has 1 aliphatic rings. The van der Waals surface area contributed by atoms with E-state index in [-0.39, 0.29) is 18.1 Å².